The van der Waals surface area contributed by atoms with Crippen LogP contribution in [0.1, 0.15) is 20.9 Å². The van der Waals surface area contributed by atoms with Gasteiger partial charge in [-0.05, 0) is 38.1 Å². The molecule has 0 spiro atoms. The zero-order valence-electron chi connectivity index (χ0n) is 13.0. The summed E-state index contributed by atoms with van der Waals surface area (Å²) in [5.74, 6) is -0.535. The topological polar surface area (TPSA) is 88.4 Å². The number of fused-ring (bicyclic) bond motifs is 1. The van der Waals surface area contributed by atoms with E-state index in [0.717, 1.165) is 10.6 Å². The van der Waals surface area contributed by atoms with Gasteiger partial charge in [0.1, 0.15) is 0 Å². The monoisotopic (exact) mass is 363 g/mol. The third kappa shape index (κ3) is 3.39. The van der Waals surface area contributed by atoms with Crippen LogP contribution in [0.5, 0.6) is 0 Å². The molecule has 7 nitrogen and oxygen atoms in total. The molecule has 3 rings (SSSR count). The zero-order valence-corrected chi connectivity index (χ0v) is 14.5. The van der Waals surface area contributed by atoms with E-state index in [4.69, 9.17) is 11.6 Å². The fourth-order valence-electron chi connectivity index (χ4n) is 2.03. The molecule has 24 heavy (non-hydrogen) atoms. The van der Waals surface area contributed by atoms with Gasteiger partial charge in [0, 0.05) is 15.5 Å². The minimum atomic E-state index is -0.398. The predicted molar refractivity (Wildman–Crippen MR) is 92.8 cm³/mol. The molecule has 0 fully saturated rings. The van der Waals surface area contributed by atoms with Gasteiger partial charge in [-0.1, -0.05) is 22.9 Å². The van der Waals surface area contributed by atoms with Crippen molar-refractivity contribution in [3.05, 3.63) is 45.4 Å². The van der Waals surface area contributed by atoms with Crippen molar-refractivity contribution < 1.29 is 9.59 Å². The first-order chi connectivity index (χ1) is 11.4. The lowest BCUT2D eigenvalue weighted by Crippen LogP contribution is -2.33. The number of halogens is 1. The van der Waals surface area contributed by atoms with Gasteiger partial charge in [0.2, 0.25) is 16.8 Å². The maximum Gasteiger partial charge on any atom is 0.251 e. The highest BCUT2D eigenvalue weighted by Gasteiger charge is 2.13. The molecule has 0 unspecified atom stereocenters. The van der Waals surface area contributed by atoms with Gasteiger partial charge in [-0.15, -0.1) is 5.10 Å². The van der Waals surface area contributed by atoms with E-state index in [2.05, 4.69) is 20.7 Å². The van der Waals surface area contributed by atoms with Crippen LogP contribution >= 0.6 is 22.9 Å². The standard InChI is InChI=1S/C15H14ClN5O2S/c1-8-9(2)24-15-19-14(20-21(8)15)18-12(22)7-17-13(23)10-3-5-11(16)6-4-10/h3-6H,7H2,1-2H3,(H,17,23)(H,18,20,22). The van der Waals surface area contributed by atoms with Crippen molar-refractivity contribution in [1.29, 1.82) is 0 Å². The lowest BCUT2D eigenvalue weighted by molar-refractivity contribution is -0.115. The fraction of sp³-hybridized carbons (Fsp3) is 0.200. The first-order valence-electron chi connectivity index (χ1n) is 7.10. The molecular weight excluding hydrogens is 350 g/mol. The quantitative estimate of drug-likeness (QED) is 0.745. The number of anilines is 1. The molecule has 2 amide bonds. The third-order valence-electron chi connectivity index (χ3n) is 3.42. The maximum atomic E-state index is 11.9. The molecule has 3 aromatic rings. The Labute approximate surface area is 146 Å². The minimum Gasteiger partial charge on any atom is -0.343 e. The van der Waals surface area contributed by atoms with Gasteiger partial charge >= 0.3 is 0 Å². The Morgan fingerprint density at radius 1 is 1.25 bits per heavy atom. The maximum absolute atomic E-state index is 11.9. The van der Waals surface area contributed by atoms with Gasteiger partial charge in [0.05, 0.1) is 12.2 Å². The molecule has 124 valence electrons. The van der Waals surface area contributed by atoms with E-state index in [1.807, 2.05) is 13.8 Å². The molecule has 0 saturated heterocycles. The average molecular weight is 364 g/mol. The van der Waals surface area contributed by atoms with Gasteiger partial charge in [0.25, 0.3) is 5.91 Å². The number of carbonyl (C=O) groups is 2. The van der Waals surface area contributed by atoms with Crippen molar-refractivity contribution >= 4 is 45.7 Å². The highest BCUT2D eigenvalue weighted by molar-refractivity contribution is 7.17. The van der Waals surface area contributed by atoms with Crippen molar-refractivity contribution in [2.45, 2.75) is 13.8 Å². The Morgan fingerprint density at radius 2 is 1.96 bits per heavy atom. The van der Waals surface area contributed by atoms with Crippen LogP contribution in [-0.4, -0.2) is 33.0 Å². The summed E-state index contributed by atoms with van der Waals surface area (Å²) < 4.78 is 1.68. The number of nitrogens with zero attached hydrogens (tertiary/aromatic N) is 3. The van der Waals surface area contributed by atoms with Crippen LogP contribution in [-0.2, 0) is 4.79 Å². The van der Waals surface area contributed by atoms with E-state index >= 15 is 0 Å². The van der Waals surface area contributed by atoms with Crippen LogP contribution in [0.25, 0.3) is 4.96 Å². The number of rotatable bonds is 4. The van der Waals surface area contributed by atoms with E-state index in [1.54, 1.807) is 28.8 Å². The number of thiazole rings is 1. The second kappa shape index (κ2) is 6.58. The first kappa shape index (κ1) is 16.4. The average Bonchev–Trinajstić information content (AvgIpc) is 3.05. The molecule has 0 aliphatic heterocycles. The highest BCUT2D eigenvalue weighted by Crippen LogP contribution is 2.21. The number of benzene rings is 1. The van der Waals surface area contributed by atoms with Gasteiger partial charge in [-0.25, -0.2) is 4.52 Å². The zero-order chi connectivity index (χ0) is 17.3. The third-order valence-corrected chi connectivity index (χ3v) is 4.72. The van der Waals surface area contributed by atoms with Crippen molar-refractivity contribution in [2.75, 3.05) is 11.9 Å². The first-order valence-corrected chi connectivity index (χ1v) is 8.30. The number of amides is 2. The summed E-state index contributed by atoms with van der Waals surface area (Å²) in [7, 11) is 0. The SMILES string of the molecule is Cc1sc2nc(NC(=O)CNC(=O)c3ccc(Cl)cc3)nn2c1C. The molecule has 0 aliphatic rings. The second-order valence-electron chi connectivity index (χ2n) is 5.11. The summed E-state index contributed by atoms with van der Waals surface area (Å²) in [4.78, 5) is 29.9. The molecular formula is C15H14ClN5O2S. The molecule has 9 heteroatoms. The van der Waals surface area contributed by atoms with Gasteiger partial charge < -0.3 is 5.32 Å². The summed E-state index contributed by atoms with van der Waals surface area (Å²) in [6, 6.07) is 6.41. The highest BCUT2D eigenvalue weighted by atomic mass is 35.5. The molecule has 2 aromatic heterocycles. The van der Waals surface area contributed by atoms with Crippen molar-refractivity contribution in [1.82, 2.24) is 19.9 Å². The molecule has 0 aliphatic carbocycles. The Kier molecular flexibility index (Phi) is 4.50. The van der Waals surface area contributed by atoms with Crippen molar-refractivity contribution in [2.24, 2.45) is 0 Å². The molecule has 2 N–H and O–H groups in total. The number of aryl methyl sites for hydroxylation is 2. The summed E-state index contributed by atoms with van der Waals surface area (Å²) in [6.07, 6.45) is 0. The van der Waals surface area contributed by atoms with Gasteiger partial charge in [-0.3, -0.25) is 14.9 Å². The Hall–Kier alpha value is -2.45. The number of hydrogen-bond acceptors (Lipinski definition) is 5. The van der Waals surface area contributed by atoms with Gasteiger partial charge in [-0.2, -0.15) is 4.98 Å². The van der Waals surface area contributed by atoms with Crippen LogP contribution in [0, 0.1) is 13.8 Å². The van der Waals surface area contributed by atoms with E-state index in [0.29, 0.717) is 15.5 Å². The molecule has 0 radical (unpaired) electrons. The molecule has 2 heterocycles. The second-order valence-corrected chi connectivity index (χ2v) is 6.73. The Balaban J connectivity index is 1.58. The molecule has 0 atom stereocenters. The summed E-state index contributed by atoms with van der Waals surface area (Å²) in [6.45, 7) is 3.75. The largest absolute Gasteiger partial charge is 0.343 e. The lowest BCUT2D eigenvalue weighted by atomic mass is 10.2. The van der Waals surface area contributed by atoms with Crippen LogP contribution in [0.2, 0.25) is 5.02 Å². The van der Waals surface area contributed by atoms with Crippen LogP contribution in [0.4, 0.5) is 5.95 Å². The van der Waals surface area contributed by atoms with Crippen molar-refractivity contribution in [3.63, 3.8) is 0 Å². The predicted octanol–water partition coefficient (Wildman–Crippen LogP) is 2.43. The number of carbonyl (C=O) groups excluding carboxylic acids is 2. The molecule has 0 saturated carbocycles. The van der Waals surface area contributed by atoms with E-state index in [1.165, 1.54) is 11.3 Å². The van der Waals surface area contributed by atoms with Crippen LogP contribution in [0.3, 0.4) is 0 Å². The van der Waals surface area contributed by atoms with Crippen LogP contribution < -0.4 is 10.6 Å². The number of hydrogen-bond donors (Lipinski definition) is 2. The Bertz CT molecular complexity index is 916. The smallest absolute Gasteiger partial charge is 0.251 e. The van der Waals surface area contributed by atoms with E-state index in [-0.39, 0.29) is 18.4 Å². The number of aromatic nitrogens is 3. The summed E-state index contributed by atoms with van der Waals surface area (Å²) in [5, 5.41) is 9.87. The summed E-state index contributed by atoms with van der Waals surface area (Å²) >= 11 is 7.27. The lowest BCUT2D eigenvalue weighted by Gasteiger charge is -2.04. The van der Waals surface area contributed by atoms with Gasteiger partial charge in [0.15, 0.2) is 0 Å². The van der Waals surface area contributed by atoms with E-state index < -0.39 is 5.91 Å². The number of nitrogens with one attached hydrogen (secondary N) is 2. The summed E-state index contributed by atoms with van der Waals surface area (Å²) in [5.41, 5.74) is 1.41. The normalized spacial score (nSPS) is 10.8. The molecule has 0 bridgehead atoms. The van der Waals surface area contributed by atoms with Crippen LogP contribution in [0.15, 0.2) is 24.3 Å². The fourth-order valence-corrected chi connectivity index (χ4v) is 3.06. The van der Waals surface area contributed by atoms with E-state index in [9.17, 15) is 9.59 Å². The Morgan fingerprint density at radius 3 is 2.62 bits per heavy atom. The minimum absolute atomic E-state index is 0.174. The van der Waals surface area contributed by atoms with Crippen molar-refractivity contribution in [3.8, 4) is 0 Å². The molecule has 1 aromatic carbocycles.